The lowest BCUT2D eigenvalue weighted by Gasteiger charge is -2.12. The first-order chi connectivity index (χ1) is 16.6. The Labute approximate surface area is 197 Å². The molecule has 168 valence electrons. The van der Waals surface area contributed by atoms with Gasteiger partial charge >= 0.3 is 0 Å². The van der Waals surface area contributed by atoms with E-state index in [1.807, 2.05) is 49.4 Å². The van der Waals surface area contributed by atoms with Crippen molar-refractivity contribution in [3.05, 3.63) is 113 Å². The SMILES string of the molecule is CCOc1ccc(NC(=O)/C(C#N)=C/c2c(Cc3ccccc3F)ccc3ccccc23)cc1. The molecule has 1 N–H and O–H groups in total. The Morgan fingerprint density at radius 1 is 0.971 bits per heavy atom. The van der Waals surface area contributed by atoms with E-state index in [0.29, 0.717) is 30.0 Å². The van der Waals surface area contributed by atoms with Crippen LogP contribution in [0.3, 0.4) is 0 Å². The summed E-state index contributed by atoms with van der Waals surface area (Å²) >= 11 is 0. The van der Waals surface area contributed by atoms with Crippen LogP contribution in [0, 0.1) is 17.1 Å². The highest BCUT2D eigenvalue weighted by Gasteiger charge is 2.14. The van der Waals surface area contributed by atoms with Crippen molar-refractivity contribution in [1.29, 1.82) is 5.26 Å². The Bertz CT molecular complexity index is 1400. The largest absolute Gasteiger partial charge is 0.494 e. The van der Waals surface area contributed by atoms with E-state index in [0.717, 1.165) is 21.9 Å². The summed E-state index contributed by atoms with van der Waals surface area (Å²) in [5, 5.41) is 14.4. The van der Waals surface area contributed by atoms with Gasteiger partial charge in [0, 0.05) is 12.1 Å². The molecule has 4 aromatic rings. The number of halogens is 1. The number of carbonyl (C=O) groups is 1. The number of amides is 1. The third-order valence-corrected chi connectivity index (χ3v) is 5.48. The molecule has 34 heavy (non-hydrogen) atoms. The summed E-state index contributed by atoms with van der Waals surface area (Å²) in [6, 6.07) is 27.2. The Hall–Kier alpha value is -4.43. The number of fused-ring (bicyclic) bond motifs is 1. The molecule has 0 fully saturated rings. The molecule has 0 heterocycles. The lowest BCUT2D eigenvalue weighted by molar-refractivity contribution is -0.112. The molecule has 4 nitrogen and oxygen atoms in total. The number of rotatable bonds is 7. The summed E-state index contributed by atoms with van der Waals surface area (Å²) in [4.78, 5) is 12.9. The van der Waals surface area contributed by atoms with E-state index < -0.39 is 5.91 Å². The van der Waals surface area contributed by atoms with Crippen LogP contribution in [0.4, 0.5) is 10.1 Å². The average molecular weight is 451 g/mol. The lowest BCUT2D eigenvalue weighted by atomic mass is 9.93. The second-order valence-electron chi connectivity index (χ2n) is 7.71. The summed E-state index contributed by atoms with van der Waals surface area (Å²) in [5.74, 6) is -0.110. The number of ether oxygens (including phenoxy) is 1. The zero-order valence-corrected chi connectivity index (χ0v) is 18.7. The highest BCUT2D eigenvalue weighted by molar-refractivity contribution is 6.11. The minimum atomic E-state index is -0.517. The first-order valence-corrected chi connectivity index (χ1v) is 11.0. The van der Waals surface area contributed by atoms with Crippen molar-refractivity contribution in [2.24, 2.45) is 0 Å². The maximum absolute atomic E-state index is 14.4. The van der Waals surface area contributed by atoms with Gasteiger partial charge in [0.05, 0.1) is 6.61 Å². The van der Waals surface area contributed by atoms with Gasteiger partial charge in [0.1, 0.15) is 23.2 Å². The van der Waals surface area contributed by atoms with E-state index in [2.05, 4.69) is 5.32 Å². The molecule has 0 aromatic heterocycles. The van der Waals surface area contributed by atoms with Crippen LogP contribution in [-0.4, -0.2) is 12.5 Å². The molecule has 0 radical (unpaired) electrons. The highest BCUT2D eigenvalue weighted by atomic mass is 19.1. The predicted octanol–water partition coefficient (Wildman–Crippen LogP) is 6.51. The molecule has 0 aliphatic rings. The van der Waals surface area contributed by atoms with Crippen molar-refractivity contribution in [2.75, 3.05) is 11.9 Å². The maximum atomic E-state index is 14.4. The number of benzene rings is 4. The average Bonchev–Trinajstić information content (AvgIpc) is 2.86. The van der Waals surface area contributed by atoms with E-state index in [1.165, 1.54) is 6.07 Å². The number of nitrogens with one attached hydrogen (secondary N) is 1. The van der Waals surface area contributed by atoms with Gasteiger partial charge in [0.15, 0.2) is 0 Å². The molecule has 0 aliphatic heterocycles. The van der Waals surface area contributed by atoms with Gasteiger partial charge in [-0.3, -0.25) is 4.79 Å². The molecule has 0 unspecified atom stereocenters. The molecule has 0 spiro atoms. The number of hydrogen-bond donors (Lipinski definition) is 1. The number of anilines is 1. The van der Waals surface area contributed by atoms with Crippen LogP contribution in [-0.2, 0) is 11.2 Å². The van der Waals surface area contributed by atoms with E-state index in [9.17, 15) is 14.4 Å². The van der Waals surface area contributed by atoms with Crippen LogP contribution < -0.4 is 10.1 Å². The maximum Gasteiger partial charge on any atom is 0.266 e. The van der Waals surface area contributed by atoms with E-state index in [1.54, 1.807) is 48.5 Å². The third-order valence-electron chi connectivity index (χ3n) is 5.48. The fourth-order valence-corrected chi connectivity index (χ4v) is 3.80. The van der Waals surface area contributed by atoms with Crippen molar-refractivity contribution in [3.63, 3.8) is 0 Å². The van der Waals surface area contributed by atoms with Crippen molar-refractivity contribution in [3.8, 4) is 11.8 Å². The molecule has 0 atom stereocenters. The van der Waals surface area contributed by atoms with E-state index >= 15 is 0 Å². The van der Waals surface area contributed by atoms with Crippen molar-refractivity contribution < 1.29 is 13.9 Å². The number of hydrogen-bond acceptors (Lipinski definition) is 3. The van der Waals surface area contributed by atoms with Gasteiger partial charge in [-0.1, -0.05) is 54.6 Å². The Morgan fingerprint density at radius 3 is 2.44 bits per heavy atom. The quantitative estimate of drug-likeness (QED) is 0.258. The zero-order chi connectivity index (χ0) is 23.9. The normalized spacial score (nSPS) is 11.1. The monoisotopic (exact) mass is 450 g/mol. The zero-order valence-electron chi connectivity index (χ0n) is 18.7. The topological polar surface area (TPSA) is 62.1 Å². The molecule has 4 aromatic carbocycles. The third kappa shape index (κ3) is 5.13. The van der Waals surface area contributed by atoms with Crippen molar-refractivity contribution in [2.45, 2.75) is 13.3 Å². The molecule has 4 rings (SSSR count). The summed E-state index contributed by atoms with van der Waals surface area (Å²) in [6.45, 7) is 2.45. The molecule has 0 saturated carbocycles. The summed E-state index contributed by atoms with van der Waals surface area (Å²) in [5.41, 5.74) is 2.61. The first kappa shape index (κ1) is 22.8. The fraction of sp³-hybridized carbons (Fsp3) is 0.103. The van der Waals surface area contributed by atoms with Crippen LogP contribution in [0.15, 0.2) is 90.5 Å². The van der Waals surface area contributed by atoms with Crippen molar-refractivity contribution >= 4 is 28.4 Å². The molecule has 0 saturated heterocycles. The molecule has 1 amide bonds. The molecule has 0 bridgehead atoms. The Morgan fingerprint density at radius 2 is 1.71 bits per heavy atom. The van der Waals surface area contributed by atoms with Gasteiger partial charge in [0.2, 0.25) is 0 Å². The van der Waals surface area contributed by atoms with Crippen LogP contribution in [0.2, 0.25) is 0 Å². The van der Waals surface area contributed by atoms with Crippen LogP contribution in [0.1, 0.15) is 23.6 Å². The van der Waals surface area contributed by atoms with E-state index in [4.69, 9.17) is 4.74 Å². The van der Waals surface area contributed by atoms with Crippen LogP contribution in [0.25, 0.3) is 16.8 Å². The van der Waals surface area contributed by atoms with Gasteiger partial charge in [-0.05, 0) is 70.8 Å². The molecule has 0 aliphatic carbocycles. The summed E-state index contributed by atoms with van der Waals surface area (Å²) in [7, 11) is 0. The Balaban J connectivity index is 1.71. The van der Waals surface area contributed by atoms with Crippen LogP contribution in [0.5, 0.6) is 5.75 Å². The van der Waals surface area contributed by atoms with E-state index in [-0.39, 0.29) is 11.4 Å². The molecule has 5 heteroatoms. The fourth-order valence-electron chi connectivity index (χ4n) is 3.80. The van der Waals surface area contributed by atoms with Gasteiger partial charge in [-0.15, -0.1) is 0 Å². The summed E-state index contributed by atoms with van der Waals surface area (Å²) in [6.07, 6.45) is 1.92. The number of carbonyl (C=O) groups excluding carboxylic acids is 1. The smallest absolute Gasteiger partial charge is 0.266 e. The minimum Gasteiger partial charge on any atom is -0.494 e. The standard InChI is InChI=1S/C29H23FN2O2/c1-2-34-25-15-13-24(14-16-25)32-29(33)23(19-31)18-27-21(17-22-8-4-6-10-28(22)30)12-11-20-7-3-5-9-26(20)27/h3-16,18H,2,17H2,1H3,(H,32,33)/b23-18+. The van der Waals surface area contributed by atoms with Gasteiger partial charge < -0.3 is 10.1 Å². The predicted molar refractivity (Wildman–Crippen MR) is 133 cm³/mol. The van der Waals surface area contributed by atoms with Crippen molar-refractivity contribution in [1.82, 2.24) is 0 Å². The van der Waals surface area contributed by atoms with Crippen LogP contribution >= 0.6 is 0 Å². The second kappa shape index (κ2) is 10.5. The van der Waals surface area contributed by atoms with Gasteiger partial charge in [-0.2, -0.15) is 5.26 Å². The Kier molecular flexibility index (Phi) is 7.00. The number of nitriles is 1. The first-order valence-electron chi connectivity index (χ1n) is 11.0. The van der Waals surface area contributed by atoms with Gasteiger partial charge in [0.25, 0.3) is 5.91 Å². The van der Waals surface area contributed by atoms with Gasteiger partial charge in [-0.25, -0.2) is 4.39 Å². The minimum absolute atomic E-state index is 0.0416. The summed E-state index contributed by atoms with van der Waals surface area (Å²) < 4.78 is 19.8. The lowest BCUT2D eigenvalue weighted by Crippen LogP contribution is -2.13. The molecular weight excluding hydrogens is 427 g/mol. The second-order valence-corrected chi connectivity index (χ2v) is 7.71. The highest BCUT2D eigenvalue weighted by Crippen LogP contribution is 2.28. The number of nitrogens with zero attached hydrogens (tertiary/aromatic N) is 1. The molecular formula is C29H23FN2O2.